The van der Waals surface area contributed by atoms with Gasteiger partial charge in [-0.15, -0.1) is 0 Å². The minimum atomic E-state index is -0.514. The van der Waals surface area contributed by atoms with Crippen molar-refractivity contribution in [3.8, 4) is 5.75 Å². The lowest BCUT2D eigenvalue weighted by Gasteiger charge is -2.14. The highest BCUT2D eigenvalue weighted by molar-refractivity contribution is 5.39. The molecule has 1 aliphatic carbocycles. The highest BCUT2D eigenvalue weighted by Gasteiger charge is 2.12. The molecule has 0 saturated carbocycles. The van der Waals surface area contributed by atoms with Crippen LogP contribution < -0.4 is 4.74 Å². The van der Waals surface area contributed by atoms with E-state index in [0.717, 1.165) is 16.9 Å². The molecule has 1 atom stereocenters. The summed E-state index contributed by atoms with van der Waals surface area (Å²) in [7, 11) is 0. The molecule has 0 aromatic heterocycles. The Bertz CT molecular complexity index is 644. The normalized spacial score (nSPS) is 14.8. The van der Waals surface area contributed by atoms with Gasteiger partial charge in [-0.25, -0.2) is 0 Å². The number of benzene rings is 2. The Morgan fingerprint density at radius 2 is 1.90 bits per heavy atom. The fourth-order valence-corrected chi connectivity index (χ4v) is 3.00. The summed E-state index contributed by atoms with van der Waals surface area (Å²) < 4.78 is 5.94. The molecule has 0 heterocycles. The van der Waals surface area contributed by atoms with Crippen LogP contribution in [0, 0.1) is 6.92 Å². The fourth-order valence-electron chi connectivity index (χ4n) is 3.00. The van der Waals surface area contributed by atoms with E-state index in [1.165, 1.54) is 36.0 Å². The van der Waals surface area contributed by atoms with Gasteiger partial charge in [-0.2, -0.15) is 0 Å². The van der Waals surface area contributed by atoms with Crippen LogP contribution >= 0.6 is 0 Å². The number of rotatable bonds is 4. The van der Waals surface area contributed by atoms with E-state index in [9.17, 15) is 5.11 Å². The summed E-state index contributed by atoms with van der Waals surface area (Å²) in [4.78, 5) is 0. The first-order chi connectivity index (χ1) is 10.1. The molecule has 2 aromatic rings. The molecule has 0 saturated heterocycles. The first-order valence-electron chi connectivity index (χ1n) is 7.65. The second-order valence-electron chi connectivity index (χ2n) is 5.96. The summed E-state index contributed by atoms with van der Waals surface area (Å²) in [5.41, 5.74) is 6.15. The lowest BCUT2D eigenvalue weighted by Crippen LogP contribution is -2.02. The molecule has 0 fully saturated rings. The van der Waals surface area contributed by atoms with Gasteiger partial charge in [0, 0.05) is 5.56 Å². The molecule has 1 N–H and O–H groups in total. The monoisotopic (exact) mass is 282 g/mol. The van der Waals surface area contributed by atoms with E-state index in [0.29, 0.717) is 6.61 Å². The second kappa shape index (κ2) is 5.90. The molecule has 2 nitrogen and oxygen atoms in total. The standard InChI is InChI=1S/C19H22O2/c1-13-6-9-19(18(10-13)14(2)20)21-12-15-7-8-16-4-3-5-17(16)11-15/h6-11,14,20H,3-5,12H2,1-2H3. The minimum Gasteiger partial charge on any atom is -0.489 e. The van der Waals surface area contributed by atoms with Crippen molar-refractivity contribution in [1.82, 2.24) is 0 Å². The van der Waals surface area contributed by atoms with Gasteiger partial charge in [0.25, 0.3) is 0 Å². The molecule has 2 aromatic carbocycles. The first-order valence-corrected chi connectivity index (χ1v) is 7.65. The average molecular weight is 282 g/mol. The highest BCUT2D eigenvalue weighted by Crippen LogP contribution is 2.28. The van der Waals surface area contributed by atoms with Crippen molar-refractivity contribution in [3.63, 3.8) is 0 Å². The van der Waals surface area contributed by atoms with Crippen LogP contribution in [0.3, 0.4) is 0 Å². The van der Waals surface area contributed by atoms with E-state index in [1.54, 1.807) is 6.92 Å². The molecule has 0 aliphatic heterocycles. The summed E-state index contributed by atoms with van der Waals surface area (Å²) in [6, 6.07) is 12.6. The van der Waals surface area contributed by atoms with Gasteiger partial charge in [0.05, 0.1) is 6.10 Å². The Kier molecular flexibility index (Phi) is 3.98. The van der Waals surface area contributed by atoms with Gasteiger partial charge in [-0.1, -0.05) is 29.8 Å². The Labute approximate surface area is 126 Å². The van der Waals surface area contributed by atoms with E-state index in [2.05, 4.69) is 18.2 Å². The largest absolute Gasteiger partial charge is 0.489 e. The summed E-state index contributed by atoms with van der Waals surface area (Å²) in [6.45, 7) is 4.35. The Morgan fingerprint density at radius 1 is 1.10 bits per heavy atom. The Balaban J connectivity index is 1.76. The van der Waals surface area contributed by atoms with E-state index in [-0.39, 0.29) is 0 Å². The molecule has 3 rings (SSSR count). The SMILES string of the molecule is Cc1ccc(OCc2ccc3c(c2)CCC3)c(C(C)O)c1. The van der Waals surface area contributed by atoms with Crippen molar-refractivity contribution < 1.29 is 9.84 Å². The average Bonchev–Trinajstić information content (AvgIpc) is 2.93. The maximum Gasteiger partial charge on any atom is 0.125 e. The number of hydrogen-bond donors (Lipinski definition) is 1. The van der Waals surface area contributed by atoms with Gasteiger partial charge in [0.15, 0.2) is 0 Å². The fraction of sp³-hybridized carbons (Fsp3) is 0.368. The molecule has 1 aliphatic rings. The number of hydrogen-bond acceptors (Lipinski definition) is 2. The van der Waals surface area contributed by atoms with Gasteiger partial charge in [0.2, 0.25) is 0 Å². The third-order valence-corrected chi connectivity index (χ3v) is 4.17. The van der Waals surface area contributed by atoms with E-state index in [4.69, 9.17) is 4.74 Å². The number of aryl methyl sites for hydroxylation is 3. The third kappa shape index (κ3) is 3.11. The molecule has 2 heteroatoms. The summed E-state index contributed by atoms with van der Waals surface area (Å²) in [5, 5.41) is 9.87. The van der Waals surface area contributed by atoms with Gasteiger partial charge in [-0.05, 0) is 61.9 Å². The van der Waals surface area contributed by atoms with Crippen molar-refractivity contribution in [2.24, 2.45) is 0 Å². The van der Waals surface area contributed by atoms with Gasteiger partial charge in [-0.3, -0.25) is 0 Å². The summed E-state index contributed by atoms with van der Waals surface area (Å²) >= 11 is 0. The quantitative estimate of drug-likeness (QED) is 0.914. The van der Waals surface area contributed by atoms with Crippen LogP contribution in [0.15, 0.2) is 36.4 Å². The van der Waals surface area contributed by atoms with Crippen LogP contribution in [0.25, 0.3) is 0 Å². The van der Waals surface area contributed by atoms with Crippen LogP contribution in [0.5, 0.6) is 5.75 Å². The van der Waals surface area contributed by atoms with Crippen LogP contribution in [0.2, 0.25) is 0 Å². The molecule has 21 heavy (non-hydrogen) atoms. The van der Waals surface area contributed by atoms with Gasteiger partial charge >= 0.3 is 0 Å². The minimum absolute atomic E-state index is 0.514. The number of aliphatic hydroxyl groups excluding tert-OH is 1. The third-order valence-electron chi connectivity index (χ3n) is 4.17. The maximum absolute atomic E-state index is 9.87. The lowest BCUT2D eigenvalue weighted by atomic mass is 10.1. The summed E-state index contributed by atoms with van der Waals surface area (Å²) in [5.74, 6) is 0.774. The van der Waals surface area contributed by atoms with E-state index in [1.807, 2.05) is 25.1 Å². The van der Waals surface area contributed by atoms with Crippen molar-refractivity contribution in [2.45, 2.75) is 45.8 Å². The number of ether oxygens (including phenoxy) is 1. The number of fused-ring (bicyclic) bond motifs is 1. The van der Waals surface area contributed by atoms with Gasteiger partial charge < -0.3 is 9.84 Å². The van der Waals surface area contributed by atoms with E-state index < -0.39 is 6.10 Å². The molecule has 0 spiro atoms. The number of aliphatic hydroxyl groups is 1. The maximum atomic E-state index is 9.87. The predicted molar refractivity (Wildman–Crippen MR) is 84.6 cm³/mol. The molecule has 0 radical (unpaired) electrons. The summed E-state index contributed by atoms with van der Waals surface area (Å²) in [6.07, 6.45) is 3.15. The smallest absolute Gasteiger partial charge is 0.125 e. The van der Waals surface area contributed by atoms with Gasteiger partial charge in [0.1, 0.15) is 12.4 Å². The van der Waals surface area contributed by atoms with Crippen LogP contribution in [-0.4, -0.2) is 5.11 Å². The van der Waals surface area contributed by atoms with Crippen molar-refractivity contribution >= 4 is 0 Å². The first kappa shape index (κ1) is 14.2. The van der Waals surface area contributed by atoms with Crippen molar-refractivity contribution in [1.29, 1.82) is 0 Å². The molecule has 0 bridgehead atoms. The molecule has 0 amide bonds. The van der Waals surface area contributed by atoms with Crippen LogP contribution in [0.4, 0.5) is 0 Å². The van der Waals surface area contributed by atoms with Crippen LogP contribution in [0.1, 0.15) is 47.3 Å². The zero-order valence-corrected chi connectivity index (χ0v) is 12.7. The van der Waals surface area contributed by atoms with Crippen molar-refractivity contribution in [2.75, 3.05) is 0 Å². The molecule has 110 valence electrons. The zero-order valence-electron chi connectivity index (χ0n) is 12.7. The lowest BCUT2D eigenvalue weighted by molar-refractivity contribution is 0.190. The van der Waals surface area contributed by atoms with E-state index >= 15 is 0 Å². The second-order valence-corrected chi connectivity index (χ2v) is 5.96. The predicted octanol–water partition coefficient (Wildman–Crippen LogP) is 4.12. The molecule has 1 unspecified atom stereocenters. The topological polar surface area (TPSA) is 29.5 Å². The molecular weight excluding hydrogens is 260 g/mol. The Hall–Kier alpha value is -1.80. The Morgan fingerprint density at radius 3 is 2.71 bits per heavy atom. The van der Waals surface area contributed by atoms with Crippen molar-refractivity contribution in [3.05, 3.63) is 64.2 Å². The highest BCUT2D eigenvalue weighted by atomic mass is 16.5. The molecular formula is C19H22O2. The van der Waals surface area contributed by atoms with Crippen LogP contribution in [-0.2, 0) is 19.4 Å². The zero-order chi connectivity index (χ0) is 14.8.